The molecule has 0 N–H and O–H groups in total. The van der Waals surface area contributed by atoms with E-state index in [1.54, 1.807) is 0 Å². The molecule has 0 bridgehead atoms. The normalized spacial score (nSPS) is 11.1. The summed E-state index contributed by atoms with van der Waals surface area (Å²) in [5, 5.41) is 0. The number of ether oxygens (including phenoxy) is 4. The summed E-state index contributed by atoms with van der Waals surface area (Å²) in [6.07, 6.45) is 15.3. The average Bonchev–Trinajstić information content (AvgIpc) is 2.70. The van der Waals surface area contributed by atoms with E-state index in [4.69, 9.17) is 18.9 Å². The van der Waals surface area contributed by atoms with Crippen LogP contribution in [0, 0.1) is 0 Å². The summed E-state index contributed by atoms with van der Waals surface area (Å²) in [6, 6.07) is 0. The molecule has 0 aromatic rings. The average molecular weight is 403 g/mol. The first-order valence-electron chi connectivity index (χ1n) is 11.7. The minimum Gasteiger partial charge on any atom is -0.463 e. The summed E-state index contributed by atoms with van der Waals surface area (Å²) in [7, 11) is 0. The zero-order valence-electron chi connectivity index (χ0n) is 18.7. The lowest BCUT2D eigenvalue weighted by Crippen LogP contribution is -2.14. The third kappa shape index (κ3) is 23.4. The van der Waals surface area contributed by atoms with Crippen LogP contribution in [0.5, 0.6) is 0 Å². The van der Waals surface area contributed by atoms with Gasteiger partial charge >= 0.3 is 5.97 Å². The van der Waals surface area contributed by atoms with Crippen LogP contribution in [0.2, 0.25) is 0 Å². The van der Waals surface area contributed by atoms with Crippen molar-refractivity contribution in [2.45, 2.75) is 97.3 Å². The highest BCUT2D eigenvalue weighted by molar-refractivity contribution is 5.69. The zero-order valence-corrected chi connectivity index (χ0v) is 18.7. The quantitative estimate of drug-likeness (QED) is 0.162. The number of rotatable bonds is 23. The van der Waals surface area contributed by atoms with Gasteiger partial charge in [-0.3, -0.25) is 4.79 Å². The molecule has 0 aromatic carbocycles. The van der Waals surface area contributed by atoms with Crippen molar-refractivity contribution in [2.24, 2.45) is 0 Å². The van der Waals surface area contributed by atoms with Gasteiger partial charge in [0.25, 0.3) is 0 Å². The Labute approximate surface area is 173 Å². The molecule has 0 aliphatic rings. The number of hydrogen-bond acceptors (Lipinski definition) is 5. The maximum absolute atomic E-state index is 11.6. The van der Waals surface area contributed by atoms with Crippen molar-refractivity contribution in [1.29, 1.82) is 0 Å². The molecule has 0 spiro atoms. The van der Waals surface area contributed by atoms with Crippen LogP contribution >= 0.6 is 0 Å². The molecule has 0 radical (unpaired) electrons. The van der Waals surface area contributed by atoms with Crippen LogP contribution in [0.25, 0.3) is 0 Å². The van der Waals surface area contributed by atoms with E-state index in [1.165, 1.54) is 57.8 Å². The van der Waals surface area contributed by atoms with Crippen LogP contribution in [0.1, 0.15) is 97.3 Å². The number of carbonyl (C=O) groups is 1. The lowest BCUT2D eigenvalue weighted by atomic mass is 10.1. The van der Waals surface area contributed by atoms with Crippen LogP contribution in [0.15, 0.2) is 0 Å². The Kier molecular flexibility index (Phi) is 23.8. The Hall–Kier alpha value is -0.650. The van der Waals surface area contributed by atoms with Crippen molar-refractivity contribution >= 4 is 5.97 Å². The molecule has 0 aromatic heterocycles. The van der Waals surface area contributed by atoms with Gasteiger partial charge in [-0.25, -0.2) is 0 Å². The Morgan fingerprint density at radius 2 is 0.929 bits per heavy atom. The first-order valence-corrected chi connectivity index (χ1v) is 11.7. The monoisotopic (exact) mass is 402 g/mol. The standard InChI is InChI=1S/C23H46O5/c1-3-5-7-9-11-13-15-23(24)28-22-21-27-20-19-26-18-17-25-16-14-12-10-8-6-4-2/h3-22H2,1-2H3. The molecule has 0 fully saturated rings. The van der Waals surface area contributed by atoms with E-state index < -0.39 is 0 Å². The van der Waals surface area contributed by atoms with Gasteiger partial charge in [-0.1, -0.05) is 78.1 Å². The number of unbranched alkanes of at least 4 members (excludes halogenated alkanes) is 10. The Bertz CT molecular complexity index is 309. The van der Waals surface area contributed by atoms with Gasteiger partial charge in [0, 0.05) is 13.0 Å². The fourth-order valence-electron chi connectivity index (χ4n) is 2.86. The van der Waals surface area contributed by atoms with E-state index in [-0.39, 0.29) is 5.97 Å². The Balaban J connectivity index is 3.10. The molecule has 0 rings (SSSR count). The molecule has 0 heterocycles. The van der Waals surface area contributed by atoms with Crippen LogP contribution in [0.3, 0.4) is 0 Å². The number of hydrogen-bond donors (Lipinski definition) is 0. The molecular weight excluding hydrogens is 356 g/mol. The van der Waals surface area contributed by atoms with Crippen molar-refractivity contribution < 1.29 is 23.7 Å². The Morgan fingerprint density at radius 1 is 0.500 bits per heavy atom. The second-order valence-electron chi connectivity index (χ2n) is 7.34. The van der Waals surface area contributed by atoms with E-state index >= 15 is 0 Å². The molecule has 0 atom stereocenters. The molecule has 0 saturated carbocycles. The van der Waals surface area contributed by atoms with Crippen LogP contribution in [0.4, 0.5) is 0 Å². The zero-order chi connectivity index (χ0) is 20.5. The van der Waals surface area contributed by atoms with Gasteiger partial charge in [0.1, 0.15) is 6.61 Å². The van der Waals surface area contributed by atoms with Gasteiger partial charge in [0.2, 0.25) is 0 Å². The van der Waals surface area contributed by atoms with Crippen LogP contribution < -0.4 is 0 Å². The fraction of sp³-hybridized carbons (Fsp3) is 0.957. The molecule has 0 unspecified atom stereocenters. The van der Waals surface area contributed by atoms with E-state index in [9.17, 15) is 4.79 Å². The van der Waals surface area contributed by atoms with E-state index in [2.05, 4.69) is 13.8 Å². The predicted molar refractivity (Wildman–Crippen MR) is 115 cm³/mol. The first kappa shape index (κ1) is 27.4. The predicted octanol–water partition coefficient (Wildman–Crippen LogP) is 5.69. The van der Waals surface area contributed by atoms with E-state index in [0.717, 1.165) is 25.9 Å². The van der Waals surface area contributed by atoms with Crippen molar-refractivity contribution in [3.8, 4) is 0 Å². The van der Waals surface area contributed by atoms with E-state index in [1.807, 2.05) is 0 Å². The summed E-state index contributed by atoms with van der Waals surface area (Å²) in [5.74, 6) is -0.113. The lowest BCUT2D eigenvalue weighted by Gasteiger charge is -2.08. The molecule has 5 heteroatoms. The van der Waals surface area contributed by atoms with Crippen molar-refractivity contribution in [3.05, 3.63) is 0 Å². The van der Waals surface area contributed by atoms with E-state index in [0.29, 0.717) is 46.1 Å². The number of esters is 1. The topological polar surface area (TPSA) is 54.0 Å². The highest BCUT2D eigenvalue weighted by atomic mass is 16.6. The highest BCUT2D eigenvalue weighted by Gasteiger charge is 2.02. The summed E-state index contributed by atoms with van der Waals surface area (Å²) >= 11 is 0. The third-order valence-electron chi connectivity index (χ3n) is 4.61. The summed E-state index contributed by atoms with van der Waals surface area (Å²) in [5.41, 5.74) is 0. The van der Waals surface area contributed by atoms with Crippen LogP contribution in [-0.4, -0.2) is 52.2 Å². The molecule has 0 amide bonds. The highest BCUT2D eigenvalue weighted by Crippen LogP contribution is 2.07. The SMILES string of the molecule is CCCCCCCCOCCOCCOCCOC(=O)CCCCCCCC. The molecular formula is C23H46O5. The van der Waals surface area contributed by atoms with Gasteiger partial charge in [-0.15, -0.1) is 0 Å². The smallest absolute Gasteiger partial charge is 0.305 e. The minimum atomic E-state index is -0.113. The summed E-state index contributed by atoms with van der Waals surface area (Å²) in [4.78, 5) is 11.6. The van der Waals surface area contributed by atoms with Crippen molar-refractivity contribution in [1.82, 2.24) is 0 Å². The molecule has 0 saturated heterocycles. The van der Waals surface area contributed by atoms with Gasteiger partial charge in [0.05, 0.1) is 33.0 Å². The molecule has 5 nitrogen and oxygen atoms in total. The van der Waals surface area contributed by atoms with Crippen molar-refractivity contribution in [2.75, 3.05) is 46.2 Å². The second kappa shape index (κ2) is 24.4. The van der Waals surface area contributed by atoms with Gasteiger partial charge in [0.15, 0.2) is 0 Å². The minimum absolute atomic E-state index is 0.113. The molecule has 0 aliphatic heterocycles. The van der Waals surface area contributed by atoms with Gasteiger partial charge in [-0.05, 0) is 12.8 Å². The summed E-state index contributed by atoms with van der Waals surface area (Å²) < 4.78 is 21.6. The lowest BCUT2D eigenvalue weighted by molar-refractivity contribution is -0.145. The van der Waals surface area contributed by atoms with Gasteiger partial charge in [-0.2, -0.15) is 0 Å². The molecule has 168 valence electrons. The fourth-order valence-corrected chi connectivity index (χ4v) is 2.86. The maximum Gasteiger partial charge on any atom is 0.305 e. The summed E-state index contributed by atoms with van der Waals surface area (Å²) in [6.45, 7) is 8.35. The van der Waals surface area contributed by atoms with Gasteiger partial charge < -0.3 is 18.9 Å². The Morgan fingerprint density at radius 3 is 1.50 bits per heavy atom. The maximum atomic E-state index is 11.6. The van der Waals surface area contributed by atoms with Crippen LogP contribution in [-0.2, 0) is 23.7 Å². The third-order valence-corrected chi connectivity index (χ3v) is 4.61. The van der Waals surface area contributed by atoms with Crippen molar-refractivity contribution in [3.63, 3.8) is 0 Å². The number of carbonyl (C=O) groups excluding carboxylic acids is 1. The second-order valence-corrected chi connectivity index (χ2v) is 7.34. The molecule has 28 heavy (non-hydrogen) atoms. The largest absolute Gasteiger partial charge is 0.463 e. The molecule has 0 aliphatic carbocycles. The first-order chi connectivity index (χ1) is 13.8.